The molecule has 2 aromatic rings. The van der Waals surface area contributed by atoms with Gasteiger partial charge in [-0.15, -0.1) is 0 Å². The standard InChI is InChI=1S/C27H38O3/c1-2-3-4-5-6-7-8-9-10-11-12-16-23-29-30-27(28)26-21-19-25(20-22-26)24-17-14-13-15-18-24/h13-15,17-22H,2-12,16,23H2,1H3. The second-order valence-corrected chi connectivity index (χ2v) is 8.03. The Bertz CT molecular complexity index is 679. The van der Waals surface area contributed by atoms with Crippen molar-refractivity contribution < 1.29 is 14.6 Å². The Morgan fingerprint density at radius 1 is 0.633 bits per heavy atom. The van der Waals surface area contributed by atoms with Crippen LogP contribution in [-0.2, 0) is 9.78 Å². The fourth-order valence-corrected chi connectivity index (χ4v) is 3.57. The third kappa shape index (κ3) is 10.1. The Kier molecular flexibility index (Phi) is 12.6. The highest BCUT2D eigenvalue weighted by Crippen LogP contribution is 2.19. The fourth-order valence-electron chi connectivity index (χ4n) is 3.57. The monoisotopic (exact) mass is 410 g/mol. The summed E-state index contributed by atoms with van der Waals surface area (Å²) in [4.78, 5) is 22.1. The number of rotatable bonds is 16. The Hall–Kier alpha value is -2.13. The van der Waals surface area contributed by atoms with E-state index in [0.717, 1.165) is 24.0 Å². The normalized spacial score (nSPS) is 10.8. The van der Waals surface area contributed by atoms with Gasteiger partial charge >= 0.3 is 5.97 Å². The van der Waals surface area contributed by atoms with Gasteiger partial charge in [0, 0.05) is 0 Å². The van der Waals surface area contributed by atoms with E-state index >= 15 is 0 Å². The third-order valence-electron chi connectivity index (χ3n) is 5.44. The molecule has 0 saturated carbocycles. The molecule has 164 valence electrons. The molecule has 0 atom stereocenters. The first kappa shape index (κ1) is 24.1. The maximum absolute atomic E-state index is 12.1. The summed E-state index contributed by atoms with van der Waals surface area (Å²) in [5.74, 6) is -0.437. The van der Waals surface area contributed by atoms with Gasteiger partial charge < -0.3 is 0 Å². The fraction of sp³-hybridized carbons (Fsp3) is 0.519. The van der Waals surface area contributed by atoms with E-state index in [4.69, 9.17) is 9.78 Å². The Labute approximate surface area is 182 Å². The van der Waals surface area contributed by atoms with Gasteiger partial charge in [0.05, 0.1) is 12.2 Å². The molecule has 0 aliphatic carbocycles. The van der Waals surface area contributed by atoms with Crippen LogP contribution in [0.3, 0.4) is 0 Å². The van der Waals surface area contributed by atoms with E-state index in [1.54, 1.807) is 12.1 Å². The molecule has 2 aromatic carbocycles. The van der Waals surface area contributed by atoms with E-state index in [9.17, 15) is 4.79 Å². The minimum Gasteiger partial charge on any atom is -0.293 e. The molecule has 0 spiro atoms. The van der Waals surface area contributed by atoms with E-state index < -0.39 is 5.97 Å². The average molecular weight is 411 g/mol. The highest BCUT2D eigenvalue weighted by molar-refractivity contribution is 5.89. The molecule has 3 heteroatoms. The maximum Gasteiger partial charge on any atom is 0.373 e. The zero-order valence-electron chi connectivity index (χ0n) is 18.6. The molecule has 0 amide bonds. The Balaban J connectivity index is 1.46. The highest BCUT2D eigenvalue weighted by Gasteiger charge is 2.08. The first-order chi connectivity index (χ1) is 14.8. The molecule has 0 fully saturated rings. The van der Waals surface area contributed by atoms with Gasteiger partial charge in [-0.05, 0) is 29.7 Å². The van der Waals surface area contributed by atoms with E-state index in [1.807, 2.05) is 42.5 Å². The number of benzene rings is 2. The van der Waals surface area contributed by atoms with Gasteiger partial charge in [-0.3, -0.25) is 4.89 Å². The second kappa shape index (κ2) is 15.7. The van der Waals surface area contributed by atoms with Crippen molar-refractivity contribution in [1.29, 1.82) is 0 Å². The summed E-state index contributed by atoms with van der Waals surface area (Å²) >= 11 is 0. The number of carbonyl (C=O) groups is 1. The lowest BCUT2D eigenvalue weighted by Crippen LogP contribution is -2.07. The molecule has 0 heterocycles. The summed E-state index contributed by atoms with van der Waals surface area (Å²) in [6.07, 6.45) is 15.6. The molecular formula is C27H38O3. The second-order valence-electron chi connectivity index (χ2n) is 8.03. The van der Waals surface area contributed by atoms with Gasteiger partial charge in [-0.2, -0.15) is 4.89 Å². The van der Waals surface area contributed by atoms with Crippen molar-refractivity contribution in [1.82, 2.24) is 0 Å². The van der Waals surface area contributed by atoms with Crippen molar-refractivity contribution in [2.24, 2.45) is 0 Å². The number of carbonyl (C=O) groups excluding carboxylic acids is 1. The van der Waals surface area contributed by atoms with Gasteiger partial charge in [0.2, 0.25) is 0 Å². The summed E-state index contributed by atoms with van der Waals surface area (Å²) in [6, 6.07) is 17.5. The summed E-state index contributed by atoms with van der Waals surface area (Å²) < 4.78 is 0. The smallest absolute Gasteiger partial charge is 0.293 e. The van der Waals surface area contributed by atoms with Crippen LogP contribution in [-0.4, -0.2) is 12.6 Å². The van der Waals surface area contributed by atoms with Crippen molar-refractivity contribution >= 4 is 5.97 Å². The largest absolute Gasteiger partial charge is 0.373 e. The van der Waals surface area contributed by atoms with Gasteiger partial charge in [0.15, 0.2) is 0 Å². The first-order valence-corrected chi connectivity index (χ1v) is 11.8. The molecular weight excluding hydrogens is 372 g/mol. The van der Waals surface area contributed by atoms with Crippen molar-refractivity contribution in [2.45, 2.75) is 84.0 Å². The van der Waals surface area contributed by atoms with Crippen LogP contribution in [0.5, 0.6) is 0 Å². The lowest BCUT2D eigenvalue weighted by molar-refractivity contribution is -0.241. The summed E-state index contributed by atoms with van der Waals surface area (Å²) in [7, 11) is 0. The maximum atomic E-state index is 12.1. The molecule has 0 N–H and O–H groups in total. The van der Waals surface area contributed by atoms with Crippen LogP contribution in [0.4, 0.5) is 0 Å². The quantitative estimate of drug-likeness (QED) is 0.159. The lowest BCUT2D eigenvalue weighted by Gasteiger charge is -2.06. The summed E-state index contributed by atoms with van der Waals surface area (Å²) in [5.41, 5.74) is 2.70. The molecule has 30 heavy (non-hydrogen) atoms. The van der Waals surface area contributed by atoms with Crippen LogP contribution in [0.1, 0.15) is 94.3 Å². The number of hydrogen-bond acceptors (Lipinski definition) is 3. The minimum atomic E-state index is -0.437. The van der Waals surface area contributed by atoms with Crippen molar-refractivity contribution in [2.75, 3.05) is 6.61 Å². The zero-order chi connectivity index (χ0) is 21.3. The topological polar surface area (TPSA) is 35.5 Å². The van der Waals surface area contributed by atoms with Crippen LogP contribution in [0.2, 0.25) is 0 Å². The molecule has 0 radical (unpaired) electrons. The molecule has 0 aliphatic heterocycles. The molecule has 3 nitrogen and oxygen atoms in total. The van der Waals surface area contributed by atoms with E-state index in [2.05, 4.69) is 6.92 Å². The van der Waals surface area contributed by atoms with Crippen LogP contribution < -0.4 is 0 Å². The van der Waals surface area contributed by atoms with Crippen molar-refractivity contribution in [3.8, 4) is 11.1 Å². The van der Waals surface area contributed by atoms with E-state index in [1.165, 1.54) is 64.2 Å². The number of hydrogen-bond donors (Lipinski definition) is 0. The number of unbranched alkanes of at least 4 members (excludes halogenated alkanes) is 11. The van der Waals surface area contributed by atoms with E-state index in [-0.39, 0.29) is 0 Å². The average Bonchev–Trinajstić information content (AvgIpc) is 2.80. The molecule has 0 aromatic heterocycles. The predicted molar refractivity (Wildman–Crippen MR) is 124 cm³/mol. The van der Waals surface area contributed by atoms with Crippen molar-refractivity contribution in [3.05, 3.63) is 60.2 Å². The van der Waals surface area contributed by atoms with Gasteiger partial charge in [0.1, 0.15) is 0 Å². The van der Waals surface area contributed by atoms with E-state index in [0.29, 0.717) is 12.2 Å². The van der Waals surface area contributed by atoms with Gasteiger partial charge in [0.25, 0.3) is 0 Å². The van der Waals surface area contributed by atoms with Crippen LogP contribution in [0, 0.1) is 0 Å². The van der Waals surface area contributed by atoms with Crippen LogP contribution >= 0.6 is 0 Å². The van der Waals surface area contributed by atoms with Crippen LogP contribution in [0.25, 0.3) is 11.1 Å². The summed E-state index contributed by atoms with van der Waals surface area (Å²) in [6.45, 7) is 2.73. The molecule has 0 unspecified atom stereocenters. The minimum absolute atomic E-state index is 0.437. The Morgan fingerprint density at radius 2 is 1.13 bits per heavy atom. The lowest BCUT2D eigenvalue weighted by atomic mass is 10.0. The first-order valence-electron chi connectivity index (χ1n) is 11.8. The van der Waals surface area contributed by atoms with Crippen LogP contribution in [0.15, 0.2) is 54.6 Å². The van der Waals surface area contributed by atoms with Crippen molar-refractivity contribution in [3.63, 3.8) is 0 Å². The molecule has 0 saturated heterocycles. The van der Waals surface area contributed by atoms with Gasteiger partial charge in [-0.1, -0.05) is 120 Å². The molecule has 2 rings (SSSR count). The third-order valence-corrected chi connectivity index (χ3v) is 5.44. The molecule has 0 aliphatic rings. The van der Waals surface area contributed by atoms with Gasteiger partial charge in [-0.25, -0.2) is 4.79 Å². The predicted octanol–water partition coefficient (Wildman–Crippen LogP) is 8.14. The SMILES string of the molecule is CCCCCCCCCCCCCCOOC(=O)c1ccc(-c2ccccc2)cc1. The Morgan fingerprint density at radius 3 is 1.70 bits per heavy atom. The highest BCUT2D eigenvalue weighted by atomic mass is 17.2. The molecule has 0 bridgehead atoms. The zero-order valence-corrected chi connectivity index (χ0v) is 18.6. The summed E-state index contributed by atoms with van der Waals surface area (Å²) in [5, 5.41) is 0.